The van der Waals surface area contributed by atoms with Gasteiger partial charge >= 0.3 is 0 Å². The number of carbonyl (C=O) groups excluding carboxylic acids is 1. The first-order valence-electron chi connectivity index (χ1n) is 9.09. The molecular formula is C19H27N5O. The number of nitrogens with zero attached hydrogens (tertiary/aromatic N) is 3. The molecule has 3 heterocycles. The van der Waals surface area contributed by atoms with Crippen molar-refractivity contribution in [1.29, 1.82) is 0 Å². The SMILES string of the molecule is Cc1n[nH]c(C)c1CCCNC(=O)C(c1cccnc1)N1CCCC1. The predicted octanol–water partition coefficient (Wildman–Crippen LogP) is 2.31. The second-order valence-electron chi connectivity index (χ2n) is 6.74. The van der Waals surface area contributed by atoms with Crippen molar-refractivity contribution in [2.24, 2.45) is 0 Å². The maximum Gasteiger partial charge on any atom is 0.242 e. The second kappa shape index (κ2) is 8.25. The lowest BCUT2D eigenvalue weighted by Crippen LogP contribution is -2.39. The van der Waals surface area contributed by atoms with E-state index in [1.165, 1.54) is 5.56 Å². The molecule has 1 unspecified atom stereocenters. The van der Waals surface area contributed by atoms with Crippen molar-refractivity contribution in [3.05, 3.63) is 47.0 Å². The Hall–Kier alpha value is -2.21. The molecule has 1 aliphatic heterocycles. The van der Waals surface area contributed by atoms with Crippen LogP contribution in [0.4, 0.5) is 0 Å². The van der Waals surface area contributed by atoms with Gasteiger partial charge in [-0.05, 0) is 69.8 Å². The van der Waals surface area contributed by atoms with Crippen molar-refractivity contribution >= 4 is 5.91 Å². The van der Waals surface area contributed by atoms with Gasteiger partial charge in [0.25, 0.3) is 0 Å². The van der Waals surface area contributed by atoms with Gasteiger partial charge in [0.05, 0.1) is 5.69 Å². The molecule has 0 radical (unpaired) electrons. The molecule has 1 saturated heterocycles. The number of hydrogen-bond donors (Lipinski definition) is 2. The van der Waals surface area contributed by atoms with Crippen LogP contribution in [-0.2, 0) is 11.2 Å². The highest BCUT2D eigenvalue weighted by molar-refractivity contribution is 5.83. The molecule has 2 N–H and O–H groups in total. The van der Waals surface area contributed by atoms with E-state index in [0.29, 0.717) is 6.54 Å². The number of aromatic amines is 1. The second-order valence-corrected chi connectivity index (χ2v) is 6.74. The normalized spacial score (nSPS) is 16.1. The molecule has 1 aliphatic rings. The van der Waals surface area contributed by atoms with Crippen LogP contribution in [0.2, 0.25) is 0 Å². The van der Waals surface area contributed by atoms with Gasteiger partial charge in [0.2, 0.25) is 5.91 Å². The number of rotatable bonds is 7. The van der Waals surface area contributed by atoms with Gasteiger partial charge in [0.1, 0.15) is 6.04 Å². The summed E-state index contributed by atoms with van der Waals surface area (Å²) < 4.78 is 0. The van der Waals surface area contributed by atoms with Gasteiger partial charge in [-0.2, -0.15) is 5.10 Å². The number of likely N-dealkylation sites (tertiary alicyclic amines) is 1. The topological polar surface area (TPSA) is 73.9 Å². The fourth-order valence-electron chi connectivity index (χ4n) is 3.58. The van der Waals surface area contributed by atoms with E-state index in [1.807, 2.05) is 26.0 Å². The molecule has 0 aromatic carbocycles. The molecule has 1 amide bonds. The van der Waals surface area contributed by atoms with Crippen LogP contribution < -0.4 is 5.32 Å². The Morgan fingerprint density at radius 2 is 2.16 bits per heavy atom. The number of hydrogen-bond acceptors (Lipinski definition) is 4. The number of pyridine rings is 1. The largest absolute Gasteiger partial charge is 0.354 e. The van der Waals surface area contributed by atoms with Crippen LogP contribution in [0.1, 0.15) is 47.8 Å². The quantitative estimate of drug-likeness (QED) is 0.758. The lowest BCUT2D eigenvalue weighted by atomic mass is 10.1. The van der Waals surface area contributed by atoms with Crippen molar-refractivity contribution in [3.63, 3.8) is 0 Å². The van der Waals surface area contributed by atoms with Gasteiger partial charge in [-0.1, -0.05) is 6.07 Å². The number of aryl methyl sites for hydroxylation is 2. The Morgan fingerprint density at radius 1 is 1.36 bits per heavy atom. The van der Waals surface area contributed by atoms with Gasteiger partial charge in [-0.15, -0.1) is 0 Å². The molecule has 6 nitrogen and oxygen atoms in total. The fourth-order valence-corrected chi connectivity index (χ4v) is 3.58. The van der Waals surface area contributed by atoms with Crippen LogP contribution in [0, 0.1) is 13.8 Å². The molecule has 0 aliphatic carbocycles. The highest BCUT2D eigenvalue weighted by atomic mass is 16.2. The number of H-pyrrole nitrogens is 1. The summed E-state index contributed by atoms with van der Waals surface area (Å²) in [6.07, 6.45) is 7.70. The van der Waals surface area contributed by atoms with E-state index >= 15 is 0 Å². The molecule has 2 aromatic heterocycles. The average molecular weight is 341 g/mol. The van der Waals surface area contributed by atoms with Crippen molar-refractivity contribution in [3.8, 4) is 0 Å². The number of amides is 1. The van der Waals surface area contributed by atoms with Gasteiger partial charge in [0, 0.05) is 24.6 Å². The lowest BCUT2D eigenvalue weighted by Gasteiger charge is -2.26. The maximum absolute atomic E-state index is 12.8. The molecule has 0 saturated carbocycles. The third kappa shape index (κ3) is 4.25. The number of nitrogens with one attached hydrogen (secondary N) is 2. The molecule has 6 heteroatoms. The summed E-state index contributed by atoms with van der Waals surface area (Å²) >= 11 is 0. The first-order chi connectivity index (χ1) is 12.2. The monoisotopic (exact) mass is 341 g/mol. The van der Waals surface area contributed by atoms with E-state index in [9.17, 15) is 4.79 Å². The summed E-state index contributed by atoms with van der Waals surface area (Å²) in [5, 5.41) is 10.4. The van der Waals surface area contributed by atoms with Crippen LogP contribution in [0.15, 0.2) is 24.5 Å². The molecule has 1 fully saturated rings. The molecule has 2 aromatic rings. The van der Waals surface area contributed by atoms with Crippen LogP contribution >= 0.6 is 0 Å². The molecule has 1 atom stereocenters. The summed E-state index contributed by atoms with van der Waals surface area (Å²) in [7, 11) is 0. The highest BCUT2D eigenvalue weighted by Crippen LogP contribution is 2.24. The molecule has 0 bridgehead atoms. The van der Waals surface area contributed by atoms with Gasteiger partial charge < -0.3 is 5.32 Å². The zero-order valence-electron chi connectivity index (χ0n) is 15.1. The van der Waals surface area contributed by atoms with Crippen molar-refractivity contribution in [1.82, 2.24) is 25.4 Å². The first-order valence-corrected chi connectivity index (χ1v) is 9.09. The minimum atomic E-state index is -0.228. The third-order valence-electron chi connectivity index (χ3n) is 4.94. The van der Waals surface area contributed by atoms with E-state index in [1.54, 1.807) is 12.4 Å². The van der Waals surface area contributed by atoms with E-state index in [2.05, 4.69) is 25.4 Å². The van der Waals surface area contributed by atoms with Crippen LogP contribution in [0.25, 0.3) is 0 Å². The minimum absolute atomic E-state index is 0.0792. The smallest absolute Gasteiger partial charge is 0.242 e. The zero-order valence-corrected chi connectivity index (χ0v) is 15.1. The minimum Gasteiger partial charge on any atom is -0.354 e. The molecule has 3 rings (SSSR count). The van der Waals surface area contributed by atoms with Crippen LogP contribution in [0.3, 0.4) is 0 Å². The summed E-state index contributed by atoms with van der Waals surface area (Å²) in [4.78, 5) is 19.3. The van der Waals surface area contributed by atoms with Crippen molar-refractivity contribution in [2.45, 2.75) is 45.6 Å². The fraction of sp³-hybridized carbons (Fsp3) is 0.526. The van der Waals surface area contributed by atoms with Gasteiger partial charge in [-0.3, -0.25) is 19.8 Å². The number of carbonyl (C=O) groups is 1. The highest BCUT2D eigenvalue weighted by Gasteiger charge is 2.29. The summed E-state index contributed by atoms with van der Waals surface area (Å²) in [6, 6.07) is 3.66. The van der Waals surface area contributed by atoms with Gasteiger partial charge in [0.15, 0.2) is 0 Å². The first kappa shape index (κ1) is 17.6. The van der Waals surface area contributed by atoms with Crippen LogP contribution in [-0.4, -0.2) is 45.6 Å². The van der Waals surface area contributed by atoms with Gasteiger partial charge in [-0.25, -0.2) is 0 Å². The Kier molecular flexibility index (Phi) is 5.81. The zero-order chi connectivity index (χ0) is 17.6. The summed E-state index contributed by atoms with van der Waals surface area (Å²) in [5.74, 6) is 0.0792. The van der Waals surface area contributed by atoms with Crippen LogP contribution in [0.5, 0.6) is 0 Å². The average Bonchev–Trinajstić information content (AvgIpc) is 3.25. The molecule has 25 heavy (non-hydrogen) atoms. The molecule has 134 valence electrons. The van der Waals surface area contributed by atoms with E-state index in [0.717, 1.165) is 55.7 Å². The number of aromatic nitrogens is 3. The van der Waals surface area contributed by atoms with E-state index in [4.69, 9.17) is 0 Å². The Bertz CT molecular complexity index is 672. The molecule has 0 spiro atoms. The molecular weight excluding hydrogens is 314 g/mol. The third-order valence-corrected chi connectivity index (χ3v) is 4.94. The summed E-state index contributed by atoms with van der Waals surface area (Å²) in [5.41, 5.74) is 4.41. The van der Waals surface area contributed by atoms with Crippen molar-refractivity contribution < 1.29 is 4.79 Å². The standard InChI is InChI=1S/C19H27N5O/c1-14-17(15(2)23-22-14)8-6-10-21-19(25)18(24-11-3-4-12-24)16-7-5-9-20-13-16/h5,7,9,13,18H,3-4,6,8,10-12H2,1-2H3,(H,21,25)(H,22,23). The van der Waals surface area contributed by atoms with E-state index < -0.39 is 0 Å². The van der Waals surface area contributed by atoms with Crippen molar-refractivity contribution in [2.75, 3.05) is 19.6 Å². The summed E-state index contributed by atoms with van der Waals surface area (Å²) in [6.45, 7) is 6.68. The Balaban J connectivity index is 1.57. The lowest BCUT2D eigenvalue weighted by molar-refractivity contribution is -0.126. The maximum atomic E-state index is 12.8. The Morgan fingerprint density at radius 3 is 2.80 bits per heavy atom. The Labute approximate surface area is 149 Å². The van der Waals surface area contributed by atoms with E-state index in [-0.39, 0.29) is 11.9 Å². The predicted molar refractivity (Wildman–Crippen MR) is 97.2 cm³/mol.